The Morgan fingerprint density at radius 2 is 2.20 bits per heavy atom. The van der Waals surface area contributed by atoms with E-state index in [0.717, 1.165) is 13.2 Å². The maximum absolute atomic E-state index is 13.1. The number of nitrogens with zero attached hydrogens (tertiary/aromatic N) is 1. The molecule has 0 aromatic carbocycles. The van der Waals surface area contributed by atoms with Crippen LogP contribution in [0.2, 0.25) is 0 Å². The molecule has 0 spiro atoms. The number of hydrogen-bond donors (Lipinski definition) is 0. The number of methoxy groups -OCH3 is 1. The zero-order valence-corrected chi connectivity index (χ0v) is 9.02. The van der Waals surface area contributed by atoms with Crippen LogP contribution in [0.25, 0.3) is 0 Å². The molecule has 0 saturated carbocycles. The minimum atomic E-state index is -2.97. The summed E-state index contributed by atoms with van der Waals surface area (Å²) in [6.07, 6.45) is -2.97. The zero-order valence-electron chi connectivity index (χ0n) is 7.43. The normalized spacial score (nSPS) is 10.5. The number of pyridine rings is 1. The molecule has 0 aliphatic carbocycles. The van der Waals surface area contributed by atoms with Crippen LogP contribution < -0.4 is 0 Å². The van der Waals surface area contributed by atoms with Gasteiger partial charge in [-0.2, -0.15) is 0 Å². The van der Waals surface area contributed by atoms with Crippen LogP contribution in [0.3, 0.4) is 0 Å². The van der Waals surface area contributed by atoms with Gasteiger partial charge in [-0.05, 0) is 15.9 Å². The summed E-state index contributed by atoms with van der Waals surface area (Å²) in [6, 6.07) is 0.724. The molecule has 0 unspecified atom stereocenters. The maximum Gasteiger partial charge on any atom is 0.356 e. The third-order valence-corrected chi connectivity index (χ3v) is 2.33. The van der Waals surface area contributed by atoms with Gasteiger partial charge in [-0.15, -0.1) is 0 Å². The highest BCUT2D eigenvalue weighted by Crippen LogP contribution is 2.28. The predicted molar refractivity (Wildman–Crippen MR) is 48.2 cm³/mol. The van der Waals surface area contributed by atoms with Crippen molar-refractivity contribution in [2.24, 2.45) is 0 Å². The van der Waals surface area contributed by atoms with Gasteiger partial charge in [-0.1, -0.05) is 0 Å². The molecule has 1 aromatic rings. The second kappa shape index (κ2) is 4.61. The van der Waals surface area contributed by atoms with Crippen molar-refractivity contribution < 1.29 is 22.7 Å². The molecule has 15 heavy (non-hydrogen) atoms. The molecular weight excluding hydrogens is 279 g/mol. The van der Waals surface area contributed by atoms with E-state index in [1.807, 2.05) is 0 Å². The van der Waals surface area contributed by atoms with Crippen molar-refractivity contribution in [1.82, 2.24) is 4.98 Å². The van der Waals surface area contributed by atoms with Crippen LogP contribution in [-0.4, -0.2) is 18.1 Å². The molecule has 0 saturated heterocycles. The first-order valence-corrected chi connectivity index (χ1v) is 4.49. The molecule has 1 heterocycles. The molecule has 0 radical (unpaired) electrons. The Labute approximate surface area is 91.4 Å². The molecule has 82 valence electrons. The molecule has 0 aliphatic rings. The van der Waals surface area contributed by atoms with Gasteiger partial charge in [0, 0.05) is 6.07 Å². The van der Waals surface area contributed by atoms with Gasteiger partial charge in [0.2, 0.25) is 0 Å². The molecular formula is C8H5BrF3NO2. The number of ether oxygens (including phenoxy) is 1. The first-order valence-electron chi connectivity index (χ1n) is 3.69. The molecule has 7 heteroatoms. The minimum Gasteiger partial charge on any atom is -0.464 e. The molecule has 0 N–H and O–H groups in total. The molecule has 0 aliphatic heterocycles. The van der Waals surface area contributed by atoms with E-state index < -0.39 is 34.1 Å². The van der Waals surface area contributed by atoms with Crippen molar-refractivity contribution in [3.63, 3.8) is 0 Å². The molecule has 0 bridgehead atoms. The Hall–Kier alpha value is -1.11. The number of esters is 1. The summed E-state index contributed by atoms with van der Waals surface area (Å²) in [7, 11) is 1.05. The average Bonchev–Trinajstić information content (AvgIpc) is 2.20. The summed E-state index contributed by atoms with van der Waals surface area (Å²) in [6.45, 7) is 0. The van der Waals surface area contributed by atoms with E-state index >= 15 is 0 Å². The molecule has 0 fully saturated rings. The molecule has 1 rings (SSSR count). The van der Waals surface area contributed by atoms with Gasteiger partial charge in [0.1, 0.15) is 11.5 Å². The number of rotatable bonds is 2. The summed E-state index contributed by atoms with van der Waals surface area (Å²) < 4.78 is 41.5. The highest BCUT2D eigenvalue weighted by atomic mass is 79.9. The summed E-state index contributed by atoms with van der Waals surface area (Å²) in [5.41, 5.74) is -1.32. The van der Waals surface area contributed by atoms with Crippen LogP contribution in [0.15, 0.2) is 10.5 Å². The van der Waals surface area contributed by atoms with Crippen molar-refractivity contribution >= 4 is 21.9 Å². The SMILES string of the molecule is COC(=O)c1cc(F)c(Br)c(C(F)F)n1. The Bertz CT molecular complexity index is 398. The van der Waals surface area contributed by atoms with Crippen LogP contribution in [-0.2, 0) is 4.74 Å². The van der Waals surface area contributed by atoms with Crippen LogP contribution >= 0.6 is 15.9 Å². The van der Waals surface area contributed by atoms with Gasteiger partial charge in [-0.25, -0.2) is 22.9 Å². The lowest BCUT2D eigenvalue weighted by Crippen LogP contribution is -2.08. The second-order valence-electron chi connectivity index (χ2n) is 2.48. The van der Waals surface area contributed by atoms with Gasteiger partial charge >= 0.3 is 5.97 Å². The smallest absolute Gasteiger partial charge is 0.356 e. The summed E-state index contributed by atoms with van der Waals surface area (Å²) in [5.74, 6) is -1.95. The predicted octanol–water partition coefficient (Wildman–Crippen LogP) is 2.71. The van der Waals surface area contributed by atoms with Gasteiger partial charge in [0.15, 0.2) is 5.69 Å². The van der Waals surface area contributed by atoms with E-state index in [2.05, 4.69) is 25.7 Å². The highest BCUT2D eigenvalue weighted by Gasteiger charge is 2.21. The Kier molecular flexibility index (Phi) is 3.67. The van der Waals surface area contributed by atoms with Crippen molar-refractivity contribution in [1.29, 1.82) is 0 Å². The molecule has 0 amide bonds. The fourth-order valence-electron chi connectivity index (χ4n) is 0.871. The summed E-state index contributed by atoms with van der Waals surface area (Å²) >= 11 is 2.62. The van der Waals surface area contributed by atoms with Crippen LogP contribution in [0, 0.1) is 5.82 Å². The van der Waals surface area contributed by atoms with Gasteiger partial charge in [-0.3, -0.25) is 0 Å². The van der Waals surface area contributed by atoms with E-state index in [9.17, 15) is 18.0 Å². The number of carbonyl (C=O) groups is 1. The van der Waals surface area contributed by atoms with Gasteiger partial charge in [0.05, 0.1) is 11.6 Å². The quantitative estimate of drug-likeness (QED) is 0.784. The fraction of sp³-hybridized carbons (Fsp3) is 0.250. The molecule has 1 aromatic heterocycles. The third-order valence-electron chi connectivity index (χ3n) is 1.54. The Morgan fingerprint density at radius 3 is 2.67 bits per heavy atom. The average molecular weight is 284 g/mol. The van der Waals surface area contributed by atoms with Crippen LogP contribution in [0.5, 0.6) is 0 Å². The van der Waals surface area contributed by atoms with Crippen LogP contribution in [0.1, 0.15) is 22.6 Å². The third kappa shape index (κ3) is 2.47. The first kappa shape index (κ1) is 12.0. The zero-order chi connectivity index (χ0) is 11.6. The highest BCUT2D eigenvalue weighted by molar-refractivity contribution is 9.10. The standard InChI is InChI=1S/C8H5BrF3NO2/c1-15-8(14)4-2-3(10)5(9)6(13-4)7(11)12/h2,7H,1H3. The lowest BCUT2D eigenvalue weighted by molar-refractivity contribution is 0.0591. The van der Waals surface area contributed by atoms with E-state index in [0.29, 0.717) is 0 Å². The largest absolute Gasteiger partial charge is 0.464 e. The first-order chi connectivity index (χ1) is 6.97. The van der Waals surface area contributed by atoms with E-state index in [4.69, 9.17) is 0 Å². The van der Waals surface area contributed by atoms with E-state index in [-0.39, 0.29) is 0 Å². The summed E-state index contributed by atoms with van der Waals surface area (Å²) in [5, 5.41) is 0. The van der Waals surface area contributed by atoms with Crippen molar-refractivity contribution in [2.45, 2.75) is 6.43 Å². The van der Waals surface area contributed by atoms with Crippen molar-refractivity contribution in [2.75, 3.05) is 7.11 Å². The van der Waals surface area contributed by atoms with Crippen LogP contribution in [0.4, 0.5) is 13.2 Å². The van der Waals surface area contributed by atoms with E-state index in [1.165, 1.54) is 0 Å². The minimum absolute atomic E-state index is 0.454. The monoisotopic (exact) mass is 283 g/mol. The van der Waals surface area contributed by atoms with Crippen molar-refractivity contribution in [3.8, 4) is 0 Å². The topological polar surface area (TPSA) is 39.2 Å². The molecule has 0 atom stereocenters. The van der Waals surface area contributed by atoms with Gasteiger partial charge in [0.25, 0.3) is 6.43 Å². The Morgan fingerprint density at radius 1 is 1.60 bits per heavy atom. The lowest BCUT2D eigenvalue weighted by atomic mass is 10.3. The Balaban J connectivity index is 3.29. The lowest BCUT2D eigenvalue weighted by Gasteiger charge is -2.05. The fourth-order valence-corrected chi connectivity index (χ4v) is 1.25. The number of carbonyl (C=O) groups excluding carboxylic acids is 1. The number of aromatic nitrogens is 1. The number of alkyl halides is 2. The van der Waals surface area contributed by atoms with E-state index in [1.54, 1.807) is 0 Å². The van der Waals surface area contributed by atoms with Gasteiger partial charge < -0.3 is 4.74 Å². The number of hydrogen-bond acceptors (Lipinski definition) is 3. The second-order valence-corrected chi connectivity index (χ2v) is 3.27. The van der Waals surface area contributed by atoms with Crippen molar-refractivity contribution in [3.05, 3.63) is 27.7 Å². The molecule has 3 nitrogen and oxygen atoms in total. The maximum atomic E-state index is 13.1. The number of halogens is 4. The summed E-state index contributed by atoms with van der Waals surface area (Å²) in [4.78, 5) is 14.2.